The van der Waals surface area contributed by atoms with E-state index in [-0.39, 0.29) is 0 Å². The van der Waals surface area contributed by atoms with Gasteiger partial charge in [-0.2, -0.15) is 0 Å². The molecule has 1 N–H and O–H groups in total. The lowest BCUT2D eigenvalue weighted by molar-refractivity contribution is 0.187. The van der Waals surface area contributed by atoms with Crippen molar-refractivity contribution in [1.82, 2.24) is 4.90 Å². The first-order chi connectivity index (χ1) is 8.38. The van der Waals surface area contributed by atoms with Crippen LogP contribution in [0.25, 0.3) is 0 Å². The first kappa shape index (κ1) is 11.2. The zero-order chi connectivity index (χ0) is 11.7. The maximum Gasteiger partial charge on any atom is 0.0434 e. The summed E-state index contributed by atoms with van der Waals surface area (Å²) in [6.45, 7) is 2.69. The molecule has 92 valence electrons. The van der Waals surface area contributed by atoms with Crippen molar-refractivity contribution >= 4 is 0 Å². The van der Waals surface area contributed by atoms with E-state index in [1.807, 2.05) is 0 Å². The highest BCUT2D eigenvalue weighted by atomic mass is 16.3. The van der Waals surface area contributed by atoms with Gasteiger partial charge >= 0.3 is 0 Å². The van der Waals surface area contributed by atoms with E-state index >= 15 is 0 Å². The summed E-state index contributed by atoms with van der Waals surface area (Å²) in [7, 11) is 0. The van der Waals surface area contributed by atoms with E-state index in [9.17, 15) is 0 Å². The number of rotatable bonds is 4. The van der Waals surface area contributed by atoms with Crippen LogP contribution in [0.1, 0.15) is 24.8 Å². The van der Waals surface area contributed by atoms with Gasteiger partial charge in [0.1, 0.15) is 0 Å². The van der Waals surface area contributed by atoms with Crippen LogP contribution in [0.3, 0.4) is 0 Å². The van der Waals surface area contributed by atoms with Crippen molar-refractivity contribution in [1.29, 1.82) is 0 Å². The molecule has 17 heavy (non-hydrogen) atoms. The number of likely N-dealkylation sites (tertiary alicyclic amines) is 1. The molecule has 3 atom stereocenters. The first-order valence-electron chi connectivity index (χ1n) is 6.77. The summed E-state index contributed by atoms with van der Waals surface area (Å²) in [6, 6.07) is 11.5. The Kier molecular flexibility index (Phi) is 3.17. The Morgan fingerprint density at radius 3 is 2.76 bits per heavy atom. The monoisotopic (exact) mass is 231 g/mol. The fraction of sp³-hybridized carbons (Fsp3) is 0.600. The molecule has 0 spiro atoms. The Morgan fingerprint density at radius 1 is 1.18 bits per heavy atom. The summed E-state index contributed by atoms with van der Waals surface area (Å²) in [6.07, 6.45) is 3.71. The third-order valence-electron chi connectivity index (χ3n) is 4.56. The Bertz CT molecular complexity index is 364. The molecule has 1 aliphatic carbocycles. The number of hydrogen-bond acceptors (Lipinski definition) is 2. The largest absolute Gasteiger partial charge is 0.396 e. The zero-order valence-corrected chi connectivity index (χ0v) is 10.3. The highest BCUT2D eigenvalue weighted by molar-refractivity contribution is 5.15. The number of aliphatic hydroxyl groups is 1. The van der Waals surface area contributed by atoms with Crippen LogP contribution >= 0.6 is 0 Å². The van der Waals surface area contributed by atoms with Crippen LogP contribution in [0, 0.1) is 11.8 Å². The molecule has 2 aliphatic rings. The third kappa shape index (κ3) is 2.12. The van der Waals surface area contributed by atoms with Gasteiger partial charge in [-0.05, 0) is 36.7 Å². The van der Waals surface area contributed by atoms with E-state index in [1.165, 1.54) is 24.9 Å². The summed E-state index contributed by atoms with van der Waals surface area (Å²) in [4.78, 5) is 2.63. The Hall–Kier alpha value is -0.860. The summed E-state index contributed by atoms with van der Waals surface area (Å²) in [5.41, 5.74) is 1.42. The van der Waals surface area contributed by atoms with Crippen LogP contribution in [0.4, 0.5) is 0 Å². The molecule has 1 aromatic carbocycles. The van der Waals surface area contributed by atoms with E-state index in [4.69, 9.17) is 5.11 Å². The molecule has 2 bridgehead atoms. The average molecular weight is 231 g/mol. The lowest BCUT2D eigenvalue weighted by atomic mass is 9.95. The Labute approximate surface area is 103 Å². The van der Waals surface area contributed by atoms with Gasteiger partial charge in [-0.3, -0.25) is 4.90 Å². The number of fused-ring (bicyclic) bond motifs is 2. The molecule has 1 aliphatic heterocycles. The molecule has 1 saturated heterocycles. The van der Waals surface area contributed by atoms with Crippen molar-refractivity contribution in [3.63, 3.8) is 0 Å². The van der Waals surface area contributed by atoms with Crippen molar-refractivity contribution in [3.8, 4) is 0 Å². The minimum atomic E-state index is 0.358. The van der Waals surface area contributed by atoms with Gasteiger partial charge in [0, 0.05) is 25.7 Å². The van der Waals surface area contributed by atoms with Crippen LogP contribution in [-0.4, -0.2) is 29.2 Å². The molecule has 0 radical (unpaired) electrons. The second kappa shape index (κ2) is 4.79. The Balaban J connectivity index is 1.67. The van der Waals surface area contributed by atoms with Gasteiger partial charge in [0.15, 0.2) is 0 Å². The van der Waals surface area contributed by atoms with Gasteiger partial charge in [0.05, 0.1) is 0 Å². The standard InChI is InChI=1S/C15H21NO/c17-9-8-14-13-6-7-15(14)16(11-13)10-12-4-2-1-3-5-12/h1-5,13-15,17H,6-11H2. The van der Waals surface area contributed by atoms with E-state index in [0.29, 0.717) is 6.61 Å². The van der Waals surface area contributed by atoms with Gasteiger partial charge in [-0.1, -0.05) is 30.3 Å². The third-order valence-corrected chi connectivity index (χ3v) is 4.56. The topological polar surface area (TPSA) is 23.5 Å². The van der Waals surface area contributed by atoms with Crippen molar-refractivity contribution in [2.45, 2.75) is 31.8 Å². The van der Waals surface area contributed by atoms with Crippen LogP contribution in [-0.2, 0) is 6.54 Å². The smallest absolute Gasteiger partial charge is 0.0434 e. The van der Waals surface area contributed by atoms with Crippen molar-refractivity contribution in [2.24, 2.45) is 11.8 Å². The normalized spacial score (nSPS) is 32.2. The van der Waals surface area contributed by atoms with Gasteiger partial charge in [-0.25, -0.2) is 0 Å². The molecule has 1 saturated carbocycles. The molecule has 2 nitrogen and oxygen atoms in total. The molecule has 1 heterocycles. The van der Waals surface area contributed by atoms with E-state index in [1.54, 1.807) is 0 Å². The van der Waals surface area contributed by atoms with Crippen LogP contribution in [0.2, 0.25) is 0 Å². The van der Waals surface area contributed by atoms with Crippen molar-refractivity contribution < 1.29 is 5.11 Å². The molecular weight excluding hydrogens is 210 g/mol. The molecule has 3 unspecified atom stereocenters. The molecule has 2 heteroatoms. The van der Waals surface area contributed by atoms with Crippen molar-refractivity contribution in [2.75, 3.05) is 13.2 Å². The summed E-state index contributed by atoms with van der Waals surface area (Å²) >= 11 is 0. The van der Waals surface area contributed by atoms with Gasteiger partial charge < -0.3 is 5.11 Å². The summed E-state index contributed by atoms with van der Waals surface area (Å²) in [5, 5.41) is 9.15. The molecule has 2 fully saturated rings. The quantitative estimate of drug-likeness (QED) is 0.859. The fourth-order valence-electron chi connectivity index (χ4n) is 3.82. The number of piperidine rings is 1. The second-order valence-electron chi connectivity index (χ2n) is 5.50. The number of benzene rings is 1. The molecule has 3 rings (SSSR count). The highest BCUT2D eigenvalue weighted by Crippen LogP contribution is 2.44. The molecular formula is C15H21NO. The van der Waals surface area contributed by atoms with Gasteiger partial charge in [-0.15, -0.1) is 0 Å². The van der Waals surface area contributed by atoms with E-state index in [0.717, 1.165) is 30.8 Å². The number of hydrogen-bond donors (Lipinski definition) is 1. The predicted octanol–water partition coefficient (Wildman–Crippen LogP) is 2.28. The first-order valence-corrected chi connectivity index (χ1v) is 6.77. The van der Waals surface area contributed by atoms with Gasteiger partial charge in [0.2, 0.25) is 0 Å². The lowest BCUT2D eigenvalue weighted by Gasteiger charge is -2.27. The van der Waals surface area contributed by atoms with Crippen LogP contribution in [0.15, 0.2) is 30.3 Å². The minimum Gasteiger partial charge on any atom is -0.396 e. The second-order valence-corrected chi connectivity index (χ2v) is 5.50. The highest BCUT2D eigenvalue weighted by Gasteiger charge is 2.45. The predicted molar refractivity (Wildman–Crippen MR) is 68.6 cm³/mol. The van der Waals surface area contributed by atoms with Crippen molar-refractivity contribution in [3.05, 3.63) is 35.9 Å². The van der Waals surface area contributed by atoms with Gasteiger partial charge in [0.25, 0.3) is 0 Å². The van der Waals surface area contributed by atoms with E-state index < -0.39 is 0 Å². The zero-order valence-electron chi connectivity index (χ0n) is 10.3. The molecule has 1 aromatic rings. The lowest BCUT2D eigenvalue weighted by Crippen LogP contribution is -2.32. The minimum absolute atomic E-state index is 0.358. The van der Waals surface area contributed by atoms with E-state index in [2.05, 4.69) is 35.2 Å². The fourth-order valence-corrected chi connectivity index (χ4v) is 3.82. The Morgan fingerprint density at radius 2 is 2.00 bits per heavy atom. The van der Waals surface area contributed by atoms with Crippen LogP contribution in [0.5, 0.6) is 0 Å². The number of aliphatic hydroxyl groups excluding tert-OH is 1. The number of nitrogens with zero attached hydrogens (tertiary/aromatic N) is 1. The molecule has 0 aromatic heterocycles. The summed E-state index contributed by atoms with van der Waals surface area (Å²) < 4.78 is 0. The SMILES string of the molecule is OCCC1C2CCC1N(Cc1ccccc1)C2. The van der Waals surface area contributed by atoms with Crippen LogP contribution < -0.4 is 0 Å². The molecule has 0 amide bonds. The summed E-state index contributed by atoms with van der Waals surface area (Å²) in [5.74, 6) is 1.60. The maximum absolute atomic E-state index is 9.15. The average Bonchev–Trinajstić information content (AvgIpc) is 2.88. The maximum atomic E-state index is 9.15.